The highest BCUT2D eigenvalue weighted by Crippen LogP contribution is 2.35. The van der Waals surface area contributed by atoms with Crippen LogP contribution in [0.25, 0.3) is 10.9 Å². The van der Waals surface area contributed by atoms with Crippen LogP contribution in [-0.4, -0.2) is 66.7 Å². The van der Waals surface area contributed by atoms with Crippen molar-refractivity contribution in [2.75, 3.05) is 39.3 Å². The lowest BCUT2D eigenvalue weighted by Crippen LogP contribution is -2.53. The number of likely N-dealkylation sites (N-methyl/N-ethyl adjacent to an activating group) is 1. The Morgan fingerprint density at radius 3 is 2.62 bits per heavy atom. The monoisotopic (exact) mass is 546 g/mol. The largest absolute Gasteiger partial charge is 0.493 e. The van der Waals surface area contributed by atoms with E-state index in [1.165, 1.54) is 25.7 Å². The number of rotatable bonds is 11. The SMILES string of the molecule is COc1ccc(N2CC[C@H](C)N(Cc3cccc4c3ccn4CC(=O)N(C)C)C2=O)cc1OCCCC1CCC1. The molecule has 0 spiro atoms. The molecule has 0 bridgehead atoms. The lowest BCUT2D eigenvalue weighted by Gasteiger charge is -2.40. The minimum Gasteiger partial charge on any atom is -0.493 e. The lowest BCUT2D eigenvalue weighted by molar-refractivity contribution is -0.129. The number of nitrogens with zero attached hydrogens (tertiary/aromatic N) is 4. The van der Waals surface area contributed by atoms with Gasteiger partial charge in [-0.2, -0.15) is 0 Å². The van der Waals surface area contributed by atoms with Crippen molar-refractivity contribution in [3.8, 4) is 11.5 Å². The average Bonchev–Trinajstić information content (AvgIpc) is 3.33. The fraction of sp³-hybridized carbons (Fsp3) is 0.500. The van der Waals surface area contributed by atoms with Gasteiger partial charge in [0, 0.05) is 62.1 Å². The molecule has 214 valence electrons. The minimum atomic E-state index is -0.0147. The van der Waals surface area contributed by atoms with E-state index in [0.717, 1.165) is 40.9 Å². The van der Waals surface area contributed by atoms with Crippen molar-refractivity contribution in [2.45, 2.75) is 64.6 Å². The molecule has 0 unspecified atom stereocenters. The van der Waals surface area contributed by atoms with Gasteiger partial charge in [0.25, 0.3) is 0 Å². The summed E-state index contributed by atoms with van der Waals surface area (Å²) in [7, 11) is 5.18. The van der Waals surface area contributed by atoms with E-state index in [1.54, 1.807) is 26.1 Å². The first kappa shape index (κ1) is 27.9. The molecule has 2 fully saturated rings. The van der Waals surface area contributed by atoms with Crippen molar-refractivity contribution in [1.29, 1.82) is 0 Å². The van der Waals surface area contributed by atoms with Crippen LogP contribution in [0, 0.1) is 5.92 Å². The van der Waals surface area contributed by atoms with Crippen molar-refractivity contribution in [1.82, 2.24) is 14.4 Å². The summed E-state index contributed by atoms with van der Waals surface area (Å²) in [6.07, 6.45) is 9.12. The fourth-order valence-electron chi connectivity index (χ4n) is 5.69. The van der Waals surface area contributed by atoms with Gasteiger partial charge >= 0.3 is 6.03 Å². The molecule has 5 rings (SSSR count). The zero-order valence-corrected chi connectivity index (χ0v) is 24.3. The Morgan fingerprint density at radius 1 is 1.07 bits per heavy atom. The first-order valence-electron chi connectivity index (χ1n) is 14.5. The predicted molar refractivity (Wildman–Crippen MR) is 158 cm³/mol. The van der Waals surface area contributed by atoms with Gasteiger partial charge in [-0.3, -0.25) is 9.69 Å². The van der Waals surface area contributed by atoms with Crippen LogP contribution in [-0.2, 0) is 17.9 Å². The number of carbonyl (C=O) groups is 2. The Labute approximate surface area is 237 Å². The molecule has 8 nitrogen and oxygen atoms in total. The van der Waals surface area contributed by atoms with Crippen molar-refractivity contribution in [2.24, 2.45) is 5.92 Å². The first-order valence-corrected chi connectivity index (χ1v) is 14.5. The summed E-state index contributed by atoms with van der Waals surface area (Å²) in [4.78, 5) is 31.6. The second-order valence-corrected chi connectivity index (χ2v) is 11.4. The number of urea groups is 1. The van der Waals surface area contributed by atoms with Crippen molar-refractivity contribution >= 4 is 28.5 Å². The maximum atomic E-state index is 13.9. The molecule has 3 aromatic rings. The number of methoxy groups -OCH3 is 1. The summed E-state index contributed by atoms with van der Waals surface area (Å²) in [5, 5.41) is 1.06. The van der Waals surface area contributed by atoms with Gasteiger partial charge in [0.05, 0.1) is 13.7 Å². The molecule has 40 heavy (non-hydrogen) atoms. The van der Waals surface area contributed by atoms with Gasteiger partial charge in [-0.1, -0.05) is 31.4 Å². The topological polar surface area (TPSA) is 67.2 Å². The molecule has 1 saturated carbocycles. The summed E-state index contributed by atoms with van der Waals surface area (Å²) in [5.74, 6) is 2.27. The summed E-state index contributed by atoms with van der Waals surface area (Å²) in [6.45, 7) is 4.20. The van der Waals surface area contributed by atoms with Gasteiger partial charge in [-0.05, 0) is 61.9 Å². The number of benzene rings is 2. The zero-order chi connectivity index (χ0) is 28.2. The summed E-state index contributed by atoms with van der Waals surface area (Å²) in [6, 6.07) is 14.0. The molecular formula is C32H42N4O4. The number of ether oxygens (including phenoxy) is 2. The molecule has 2 heterocycles. The Balaban J connectivity index is 1.31. The predicted octanol–water partition coefficient (Wildman–Crippen LogP) is 5.92. The van der Waals surface area contributed by atoms with E-state index < -0.39 is 0 Å². The molecule has 1 aliphatic carbocycles. The molecule has 1 aliphatic heterocycles. The fourth-order valence-corrected chi connectivity index (χ4v) is 5.69. The van der Waals surface area contributed by atoms with Crippen molar-refractivity contribution in [3.63, 3.8) is 0 Å². The van der Waals surface area contributed by atoms with E-state index in [9.17, 15) is 9.59 Å². The van der Waals surface area contributed by atoms with Gasteiger partial charge in [-0.25, -0.2) is 4.79 Å². The maximum absolute atomic E-state index is 13.9. The Kier molecular flexibility index (Phi) is 8.52. The van der Waals surface area contributed by atoms with Gasteiger partial charge < -0.3 is 23.8 Å². The number of hydrogen-bond donors (Lipinski definition) is 0. The number of hydrogen-bond acceptors (Lipinski definition) is 4. The second kappa shape index (κ2) is 12.2. The van der Waals surface area contributed by atoms with Gasteiger partial charge in [0.1, 0.15) is 6.54 Å². The van der Waals surface area contributed by atoms with Crippen LogP contribution in [0.15, 0.2) is 48.7 Å². The summed E-state index contributed by atoms with van der Waals surface area (Å²) < 4.78 is 13.7. The summed E-state index contributed by atoms with van der Waals surface area (Å²) in [5.41, 5.74) is 2.89. The van der Waals surface area contributed by atoms with Gasteiger partial charge in [-0.15, -0.1) is 0 Å². The van der Waals surface area contributed by atoms with E-state index in [2.05, 4.69) is 13.0 Å². The summed E-state index contributed by atoms with van der Waals surface area (Å²) >= 11 is 0. The quantitative estimate of drug-likeness (QED) is 0.280. The standard InChI is InChI=1S/C32H42N4O4/c1-23-15-18-35(26-13-14-29(39-4)30(20-26)40-19-7-10-24-8-5-9-24)32(38)36(23)21-25-11-6-12-28-27(25)16-17-34(28)22-31(37)33(2)3/h6,11-14,16-17,20,23-24H,5,7-10,15,18-19,21-22H2,1-4H3/t23-/m0/s1. The van der Waals surface area contributed by atoms with Crippen LogP contribution in [0.4, 0.5) is 10.5 Å². The Morgan fingerprint density at radius 2 is 1.90 bits per heavy atom. The third-order valence-electron chi connectivity index (χ3n) is 8.53. The normalized spacial score (nSPS) is 17.7. The van der Waals surface area contributed by atoms with Crippen LogP contribution < -0.4 is 14.4 Å². The molecule has 2 aromatic carbocycles. The van der Waals surface area contributed by atoms with Gasteiger partial charge in [0.15, 0.2) is 11.5 Å². The Hall–Kier alpha value is -3.68. The number of aromatic nitrogens is 1. The molecule has 3 amide bonds. The number of amides is 3. The smallest absolute Gasteiger partial charge is 0.325 e. The number of carbonyl (C=O) groups excluding carboxylic acids is 2. The van der Waals surface area contributed by atoms with E-state index in [-0.39, 0.29) is 24.5 Å². The van der Waals surface area contributed by atoms with Crippen LogP contribution in [0.5, 0.6) is 11.5 Å². The van der Waals surface area contributed by atoms with Crippen molar-refractivity contribution < 1.29 is 19.1 Å². The zero-order valence-electron chi connectivity index (χ0n) is 24.3. The van der Waals surface area contributed by atoms with Crippen molar-refractivity contribution in [3.05, 3.63) is 54.2 Å². The van der Waals surface area contributed by atoms with E-state index in [4.69, 9.17) is 9.47 Å². The molecule has 1 aromatic heterocycles. The van der Waals surface area contributed by atoms with Crippen LogP contribution in [0.3, 0.4) is 0 Å². The molecule has 1 saturated heterocycles. The van der Waals surface area contributed by atoms with Crippen LogP contribution in [0.2, 0.25) is 0 Å². The second-order valence-electron chi connectivity index (χ2n) is 11.4. The molecular weight excluding hydrogens is 504 g/mol. The third kappa shape index (κ3) is 5.91. The molecule has 0 N–H and O–H groups in total. The van der Waals surface area contributed by atoms with Crippen LogP contribution in [0.1, 0.15) is 51.0 Å². The highest BCUT2D eigenvalue weighted by molar-refractivity contribution is 5.94. The lowest BCUT2D eigenvalue weighted by atomic mass is 9.82. The van der Waals surface area contributed by atoms with Gasteiger partial charge in [0.2, 0.25) is 5.91 Å². The molecule has 8 heteroatoms. The average molecular weight is 547 g/mol. The van der Waals surface area contributed by atoms with E-state index >= 15 is 0 Å². The highest BCUT2D eigenvalue weighted by atomic mass is 16.5. The third-order valence-corrected chi connectivity index (χ3v) is 8.53. The molecule has 0 radical (unpaired) electrons. The highest BCUT2D eigenvalue weighted by Gasteiger charge is 2.32. The minimum absolute atomic E-state index is 0.0147. The van der Waals surface area contributed by atoms with Crippen LogP contribution >= 0.6 is 0 Å². The molecule has 1 atom stereocenters. The van der Waals surface area contributed by atoms with E-state index in [0.29, 0.717) is 31.2 Å². The van der Waals surface area contributed by atoms with E-state index in [1.807, 2.05) is 57.0 Å². The number of fused-ring (bicyclic) bond motifs is 1. The Bertz CT molecular complexity index is 1350. The molecule has 2 aliphatic rings. The first-order chi connectivity index (χ1) is 19.4. The number of anilines is 1. The maximum Gasteiger partial charge on any atom is 0.325 e.